The van der Waals surface area contributed by atoms with Gasteiger partial charge in [-0.15, -0.1) is 11.8 Å². The summed E-state index contributed by atoms with van der Waals surface area (Å²) >= 11 is 1.94. The van der Waals surface area contributed by atoms with Crippen LogP contribution in [0, 0.1) is 0 Å². The van der Waals surface area contributed by atoms with Crippen LogP contribution in [0.1, 0.15) is 36.0 Å². The molecule has 1 aliphatic rings. The van der Waals surface area contributed by atoms with E-state index in [4.69, 9.17) is 0 Å². The number of hydrogen-bond acceptors (Lipinski definition) is 5. The first-order chi connectivity index (χ1) is 12.8. The van der Waals surface area contributed by atoms with Crippen LogP contribution in [0.15, 0.2) is 60.1 Å². The van der Waals surface area contributed by atoms with Gasteiger partial charge in [-0.1, -0.05) is 12.8 Å². The van der Waals surface area contributed by atoms with Crippen LogP contribution < -0.4 is 5.32 Å². The molecule has 6 nitrogen and oxygen atoms in total. The molecule has 0 bridgehead atoms. The molecule has 0 aliphatic heterocycles. The Bertz CT molecular complexity index is 873. The molecule has 1 amide bonds. The molecule has 1 fully saturated rings. The minimum Gasteiger partial charge on any atom is -0.322 e. The van der Waals surface area contributed by atoms with E-state index in [1.807, 2.05) is 23.9 Å². The van der Waals surface area contributed by atoms with Gasteiger partial charge in [0.2, 0.25) is 0 Å². The SMILES string of the molecule is O=C(Nc1ccc(SC2CCCC2)cc1)c1ccnc(-n2cncn2)c1. The molecule has 2 heterocycles. The van der Waals surface area contributed by atoms with Crippen molar-refractivity contribution in [3.05, 3.63) is 60.8 Å². The van der Waals surface area contributed by atoms with Crippen molar-refractivity contribution in [3.8, 4) is 5.82 Å². The summed E-state index contributed by atoms with van der Waals surface area (Å²) in [4.78, 5) is 21.9. The molecule has 2 aromatic heterocycles. The molecule has 1 aromatic carbocycles. The number of carbonyl (C=O) groups is 1. The van der Waals surface area contributed by atoms with Gasteiger partial charge >= 0.3 is 0 Å². The van der Waals surface area contributed by atoms with Gasteiger partial charge in [-0.25, -0.2) is 14.6 Å². The van der Waals surface area contributed by atoms with Crippen LogP contribution in [0.25, 0.3) is 5.82 Å². The molecule has 132 valence electrons. The molecule has 26 heavy (non-hydrogen) atoms. The highest BCUT2D eigenvalue weighted by Crippen LogP contribution is 2.34. The molecule has 1 saturated carbocycles. The summed E-state index contributed by atoms with van der Waals surface area (Å²) < 4.78 is 1.52. The number of pyridine rings is 1. The van der Waals surface area contributed by atoms with Gasteiger partial charge in [0, 0.05) is 27.6 Å². The highest BCUT2D eigenvalue weighted by atomic mass is 32.2. The maximum absolute atomic E-state index is 12.5. The molecule has 1 aliphatic carbocycles. The fourth-order valence-corrected chi connectivity index (χ4v) is 4.28. The van der Waals surface area contributed by atoms with Crippen LogP contribution in [0.3, 0.4) is 0 Å². The van der Waals surface area contributed by atoms with Crippen LogP contribution in [0.2, 0.25) is 0 Å². The summed E-state index contributed by atoms with van der Waals surface area (Å²) in [5, 5.41) is 7.70. The zero-order chi connectivity index (χ0) is 17.8. The van der Waals surface area contributed by atoms with Crippen LogP contribution in [-0.4, -0.2) is 30.9 Å². The maximum Gasteiger partial charge on any atom is 0.255 e. The topological polar surface area (TPSA) is 72.7 Å². The van der Waals surface area contributed by atoms with Crippen molar-refractivity contribution in [2.45, 2.75) is 35.8 Å². The van der Waals surface area contributed by atoms with E-state index in [1.54, 1.807) is 24.7 Å². The van der Waals surface area contributed by atoms with Gasteiger partial charge in [0.1, 0.15) is 12.7 Å². The first-order valence-electron chi connectivity index (χ1n) is 8.67. The van der Waals surface area contributed by atoms with Crippen molar-refractivity contribution in [1.82, 2.24) is 19.7 Å². The summed E-state index contributed by atoms with van der Waals surface area (Å²) in [5.41, 5.74) is 1.31. The first kappa shape index (κ1) is 16.8. The zero-order valence-corrected chi connectivity index (χ0v) is 15.0. The third-order valence-corrected chi connectivity index (χ3v) is 5.73. The van der Waals surface area contributed by atoms with Gasteiger partial charge < -0.3 is 5.32 Å². The second-order valence-electron chi connectivity index (χ2n) is 6.25. The van der Waals surface area contributed by atoms with E-state index in [0.29, 0.717) is 11.4 Å². The third kappa shape index (κ3) is 3.94. The predicted octanol–water partition coefficient (Wildman–Crippen LogP) is 3.95. The van der Waals surface area contributed by atoms with Crippen LogP contribution in [0.4, 0.5) is 5.69 Å². The van der Waals surface area contributed by atoms with Crippen molar-refractivity contribution in [2.75, 3.05) is 5.32 Å². The normalized spacial score (nSPS) is 14.5. The largest absolute Gasteiger partial charge is 0.322 e. The molecule has 0 spiro atoms. The molecular weight excluding hydrogens is 346 g/mol. The van der Waals surface area contributed by atoms with E-state index in [2.05, 4.69) is 32.5 Å². The second kappa shape index (κ2) is 7.70. The van der Waals surface area contributed by atoms with E-state index >= 15 is 0 Å². The summed E-state index contributed by atoms with van der Waals surface area (Å²) in [5.74, 6) is 0.378. The van der Waals surface area contributed by atoms with Crippen molar-refractivity contribution < 1.29 is 4.79 Å². The fraction of sp³-hybridized carbons (Fsp3) is 0.263. The summed E-state index contributed by atoms with van der Waals surface area (Å²) in [6.07, 6.45) is 9.86. The second-order valence-corrected chi connectivity index (χ2v) is 7.62. The van der Waals surface area contributed by atoms with E-state index in [9.17, 15) is 4.79 Å². The van der Waals surface area contributed by atoms with Crippen molar-refractivity contribution in [1.29, 1.82) is 0 Å². The maximum atomic E-state index is 12.5. The number of carbonyl (C=O) groups excluding carboxylic acids is 1. The van der Waals surface area contributed by atoms with E-state index in [1.165, 1.54) is 41.6 Å². The Kier molecular flexibility index (Phi) is 4.97. The lowest BCUT2D eigenvalue weighted by molar-refractivity contribution is 0.102. The van der Waals surface area contributed by atoms with Gasteiger partial charge in [-0.05, 0) is 49.2 Å². The summed E-state index contributed by atoms with van der Waals surface area (Å²) in [6, 6.07) is 11.4. The first-order valence-corrected chi connectivity index (χ1v) is 9.55. The average Bonchev–Trinajstić information content (AvgIpc) is 3.37. The lowest BCUT2D eigenvalue weighted by atomic mass is 10.2. The van der Waals surface area contributed by atoms with Crippen LogP contribution in [0.5, 0.6) is 0 Å². The number of nitrogens with one attached hydrogen (secondary N) is 1. The van der Waals surface area contributed by atoms with E-state index < -0.39 is 0 Å². The molecule has 0 radical (unpaired) electrons. The Morgan fingerprint density at radius 1 is 1.15 bits per heavy atom. The standard InChI is InChI=1S/C19H19N5OS/c25-19(14-9-10-21-18(11-14)24-13-20-12-22-24)23-15-5-7-17(8-6-15)26-16-3-1-2-4-16/h5-13,16H,1-4H2,(H,23,25). The van der Waals surface area contributed by atoms with Crippen molar-refractivity contribution >= 4 is 23.4 Å². The molecule has 3 aromatic rings. The van der Waals surface area contributed by atoms with E-state index in [0.717, 1.165) is 10.9 Å². The summed E-state index contributed by atoms with van der Waals surface area (Å²) in [7, 11) is 0. The zero-order valence-electron chi connectivity index (χ0n) is 14.2. The number of anilines is 1. The Morgan fingerprint density at radius 3 is 2.69 bits per heavy atom. The molecule has 4 rings (SSSR count). The molecule has 0 unspecified atom stereocenters. The fourth-order valence-electron chi connectivity index (χ4n) is 3.03. The minimum absolute atomic E-state index is 0.176. The number of rotatable bonds is 5. The Labute approximate surface area is 156 Å². The van der Waals surface area contributed by atoms with Crippen LogP contribution >= 0.6 is 11.8 Å². The van der Waals surface area contributed by atoms with Crippen LogP contribution in [-0.2, 0) is 0 Å². The lowest BCUT2D eigenvalue weighted by Crippen LogP contribution is -2.13. The van der Waals surface area contributed by atoms with Crippen molar-refractivity contribution in [2.24, 2.45) is 0 Å². The minimum atomic E-state index is -0.176. The molecule has 0 saturated heterocycles. The average molecular weight is 365 g/mol. The molecular formula is C19H19N5OS. The Hall–Kier alpha value is -2.67. The number of hydrogen-bond donors (Lipinski definition) is 1. The number of thioether (sulfide) groups is 1. The van der Waals surface area contributed by atoms with Gasteiger partial charge in [-0.3, -0.25) is 4.79 Å². The predicted molar refractivity (Wildman–Crippen MR) is 102 cm³/mol. The molecule has 0 atom stereocenters. The molecule has 1 N–H and O–H groups in total. The van der Waals surface area contributed by atoms with E-state index in [-0.39, 0.29) is 5.91 Å². The number of amides is 1. The highest BCUT2D eigenvalue weighted by Gasteiger charge is 2.16. The number of aromatic nitrogens is 4. The Morgan fingerprint density at radius 2 is 1.96 bits per heavy atom. The van der Waals surface area contributed by atoms with Gasteiger partial charge in [0.25, 0.3) is 5.91 Å². The van der Waals surface area contributed by atoms with Crippen molar-refractivity contribution in [3.63, 3.8) is 0 Å². The molecule has 7 heteroatoms. The Balaban J connectivity index is 1.42. The highest BCUT2D eigenvalue weighted by molar-refractivity contribution is 8.00. The lowest BCUT2D eigenvalue weighted by Gasteiger charge is -2.10. The number of benzene rings is 1. The third-order valence-electron chi connectivity index (χ3n) is 4.38. The van der Waals surface area contributed by atoms with Gasteiger partial charge in [0.15, 0.2) is 5.82 Å². The van der Waals surface area contributed by atoms with Gasteiger partial charge in [0.05, 0.1) is 0 Å². The quantitative estimate of drug-likeness (QED) is 0.741. The smallest absolute Gasteiger partial charge is 0.255 e. The summed E-state index contributed by atoms with van der Waals surface area (Å²) in [6.45, 7) is 0. The van der Waals surface area contributed by atoms with Gasteiger partial charge in [-0.2, -0.15) is 5.10 Å². The number of nitrogens with zero attached hydrogens (tertiary/aromatic N) is 4. The monoisotopic (exact) mass is 365 g/mol.